The first-order chi connectivity index (χ1) is 14.2. The summed E-state index contributed by atoms with van der Waals surface area (Å²) in [6.07, 6.45) is 0. The van der Waals surface area contributed by atoms with Crippen LogP contribution in [0.25, 0.3) is 5.69 Å². The van der Waals surface area contributed by atoms with Crippen LogP contribution in [0.1, 0.15) is 39.0 Å². The Bertz CT molecular complexity index is 853. The highest BCUT2D eigenvalue weighted by atomic mass is 16.5. The van der Waals surface area contributed by atoms with Crippen molar-refractivity contribution in [1.29, 1.82) is 0 Å². The predicted molar refractivity (Wildman–Crippen MR) is 118 cm³/mol. The molecule has 0 bridgehead atoms. The molecule has 30 heavy (non-hydrogen) atoms. The highest BCUT2D eigenvalue weighted by molar-refractivity contribution is 5.94. The molecule has 8 heteroatoms. The normalized spacial score (nSPS) is 11.3. The quantitative estimate of drug-likeness (QED) is 0.693. The van der Waals surface area contributed by atoms with Crippen LogP contribution in [0.5, 0.6) is 0 Å². The number of aromatic nitrogens is 2. The van der Waals surface area contributed by atoms with Crippen molar-refractivity contribution in [2.45, 2.75) is 40.0 Å². The molecule has 0 atom stereocenters. The van der Waals surface area contributed by atoms with Crippen molar-refractivity contribution in [3.05, 3.63) is 41.6 Å². The highest BCUT2D eigenvalue weighted by Crippen LogP contribution is 2.26. The van der Waals surface area contributed by atoms with Gasteiger partial charge in [0.1, 0.15) is 12.4 Å². The van der Waals surface area contributed by atoms with Gasteiger partial charge in [0.05, 0.1) is 18.0 Å². The minimum absolute atomic E-state index is 0.0842. The average Bonchev–Trinajstić information content (AvgIpc) is 3.10. The SMILES string of the molecule is CCNC(=O)N(CCOC)CC(=O)Nc1cc(C(C)(C)C)nn1-c1ccc(C)cc1. The van der Waals surface area contributed by atoms with Crippen molar-refractivity contribution in [3.8, 4) is 5.69 Å². The molecular weight excluding hydrogens is 382 g/mol. The maximum Gasteiger partial charge on any atom is 0.317 e. The lowest BCUT2D eigenvalue weighted by Gasteiger charge is -2.22. The first-order valence-corrected chi connectivity index (χ1v) is 10.1. The molecule has 3 amide bonds. The molecule has 2 rings (SSSR count). The molecule has 2 N–H and O–H groups in total. The minimum atomic E-state index is -0.300. The summed E-state index contributed by atoms with van der Waals surface area (Å²) in [6, 6.07) is 9.51. The van der Waals surface area contributed by atoms with Crippen molar-refractivity contribution in [1.82, 2.24) is 20.0 Å². The van der Waals surface area contributed by atoms with E-state index in [0.29, 0.717) is 25.5 Å². The lowest BCUT2D eigenvalue weighted by atomic mass is 9.92. The fourth-order valence-electron chi connectivity index (χ4n) is 2.79. The molecule has 0 saturated carbocycles. The zero-order valence-corrected chi connectivity index (χ0v) is 18.8. The second kappa shape index (κ2) is 10.2. The van der Waals surface area contributed by atoms with Gasteiger partial charge < -0.3 is 20.3 Å². The van der Waals surface area contributed by atoms with E-state index in [1.807, 2.05) is 44.2 Å². The number of rotatable bonds is 8. The van der Waals surface area contributed by atoms with Gasteiger partial charge in [-0.05, 0) is 26.0 Å². The van der Waals surface area contributed by atoms with E-state index in [4.69, 9.17) is 9.84 Å². The molecule has 0 saturated heterocycles. The molecular formula is C22H33N5O3. The summed E-state index contributed by atoms with van der Waals surface area (Å²) in [5.41, 5.74) is 2.67. The topological polar surface area (TPSA) is 88.5 Å². The standard InChI is InChI=1S/C22H33N5O3/c1-7-23-21(29)26(12-13-30-6)15-20(28)24-19-14-18(22(3,4)5)25-27(19)17-10-8-16(2)9-11-17/h8-11,14H,7,12-13,15H2,1-6H3,(H,23,29)(H,24,28). The molecule has 1 aromatic carbocycles. The fourth-order valence-corrected chi connectivity index (χ4v) is 2.79. The van der Waals surface area contributed by atoms with Crippen molar-refractivity contribution in [2.24, 2.45) is 0 Å². The van der Waals surface area contributed by atoms with Gasteiger partial charge in [0, 0.05) is 31.7 Å². The molecule has 2 aromatic rings. The largest absolute Gasteiger partial charge is 0.383 e. The Morgan fingerprint density at radius 1 is 1.20 bits per heavy atom. The van der Waals surface area contributed by atoms with Crippen LogP contribution in [-0.4, -0.2) is 60.0 Å². The minimum Gasteiger partial charge on any atom is -0.383 e. The number of urea groups is 1. The van der Waals surface area contributed by atoms with E-state index in [1.165, 1.54) is 4.90 Å². The van der Waals surface area contributed by atoms with Crippen molar-refractivity contribution >= 4 is 17.8 Å². The number of carbonyl (C=O) groups excluding carboxylic acids is 2. The van der Waals surface area contributed by atoms with Gasteiger partial charge in [-0.3, -0.25) is 4.79 Å². The Hall–Kier alpha value is -2.87. The Labute approximate surface area is 178 Å². The molecule has 0 aliphatic rings. The smallest absolute Gasteiger partial charge is 0.317 e. The van der Waals surface area contributed by atoms with E-state index >= 15 is 0 Å². The lowest BCUT2D eigenvalue weighted by molar-refractivity contribution is -0.116. The number of hydrogen-bond donors (Lipinski definition) is 2. The van der Waals surface area contributed by atoms with Gasteiger partial charge in [-0.15, -0.1) is 0 Å². The molecule has 0 aliphatic heterocycles. The molecule has 0 radical (unpaired) electrons. The maximum atomic E-state index is 12.8. The Kier molecular flexibility index (Phi) is 8.00. The van der Waals surface area contributed by atoms with E-state index < -0.39 is 0 Å². The van der Waals surface area contributed by atoms with Crippen LogP contribution in [0.3, 0.4) is 0 Å². The van der Waals surface area contributed by atoms with Gasteiger partial charge in [0.2, 0.25) is 5.91 Å². The number of benzene rings is 1. The molecule has 0 unspecified atom stereocenters. The molecule has 8 nitrogen and oxygen atoms in total. The summed E-state index contributed by atoms with van der Waals surface area (Å²) < 4.78 is 6.79. The third-order valence-corrected chi connectivity index (χ3v) is 4.54. The summed E-state index contributed by atoms with van der Waals surface area (Å²) in [5, 5.41) is 10.4. The zero-order valence-electron chi connectivity index (χ0n) is 18.8. The zero-order chi connectivity index (χ0) is 22.3. The second-order valence-corrected chi connectivity index (χ2v) is 8.21. The van der Waals surface area contributed by atoms with Crippen LogP contribution in [0.15, 0.2) is 30.3 Å². The number of methoxy groups -OCH3 is 1. The van der Waals surface area contributed by atoms with Crippen molar-refractivity contribution in [2.75, 3.05) is 38.7 Å². The van der Waals surface area contributed by atoms with Crippen LogP contribution in [0, 0.1) is 6.92 Å². The predicted octanol–water partition coefficient (Wildman–Crippen LogP) is 3.09. The third-order valence-electron chi connectivity index (χ3n) is 4.54. The van der Waals surface area contributed by atoms with E-state index in [1.54, 1.807) is 11.8 Å². The van der Waals surface area contributed by atoms with Gasteiger partial charge in [-0.25, -0.2) is 9.48 Å². The Morgan fingerprint density at radius 2 is 1.87 bits per heavy atom. The molecule has 0 fully saturated rings. The fraction of sp³-hybridized carbons (Fsp3) is 0.500. The van der Waals surface area contributed by atoms with E-state index in [0.717, 1.165) is 16.9 Å². The van der Waals surface area contributed by atoms with Gasteiger partial charge >= 0.3 is 6.03 Å². The lowest BCUT2D eigenvalue weighted by Crippen LogP contribution is -2.45. The molecule has 1 aromatic heterocycles. The third kappa shape index (κ3) is 6.32. The average molecular weight is 416 g/mol. The van der Waals surface area contributed by atoms with Gasteiger partial charge in [-0.2, -0.15) is 5.10 Å². The number of aryl methyl sites for hydroxylation is 1. The van der Waals surface area contributed by atoms with Crippen LogP contribution in [-0.2, 0) is 14.9 Å². The first kappa shape index (κ1) is 23.4. The molecule has 1 heterocycles. The summed E-state index contributed by atoms with van der Waals surface area (Å²) in [4.78, 5) is 26.5. The maximum absolute atomic E-state index is 12.8. The van der Waals surface area contributed by atoms with E-state index in [9.17, 15) is 9.59 Å². The van der Waals surface area contributed by atoms with E-state index in [-0.39, 0.29) is 23.9 Å². The van der Waals surface area contributed by atoms with Crippen LogP contribution in [0.4, 0.5) is 10.6 Å². The number of amides is 3. The molecule has 0 aliphatic carbocycles. The number of nitrogens with one attached hydrogen (secondary N) is 2. The first-order valence-electron chi connectivity index (χ1n) is 10.1. The number of ether oxygens (including phenoxy) is 1. The summed E-state index contributed by atoms with van der Waals surface area (Å²) in [6.45, 7) is 11.1. The van der Waals surface area contributed by atoms with Crippen LogP contribution < -0.4 is 10.6 Å². The monoisotopic (exact) mass is 415 g/mol. The van der Waals surface area contributed by atoms with Gasteiger partial charge in [0.25, 0.3) is 0 Å². The summed E-state index contributed by atoms with van der Waals surface area (Å²) in [7, 11) is 1.56. The Morgan fingerprint density at radius 3 is 2.43 bits per heavy atom. The number of hydrogen-bond acceptors (Lipinski definition) is 4. The van der Waals surface area contributed by atoms with Gasteiger partial charge in [0.15, 0.2) is 0 Å². The number of anilines is 1. The number of carbonyl (C=O) groups is 2. The second-order valence-electron chi connectivity index (χ2n) is 8.21. The van der Waals surface area contributed by atoms with E-state index in [2.05, 4.69) is 31.4 Å². The van der Waals surface area contributed by atoms with Crippen molar-refractivity contribution in [3.63, 3.8) is 0 Å². The van der Waals surface area contributed by atoms with Crippen LogP contribution >= 0.6 is 0 Å². The molecule has 164 valence electrons. The van der Waals surface area contributed by atoms with Crippen LogP contribution in [0.2, 0.25) is 0 Å². The van der Waals surface area contributed by atoms with Gasteiger partial charge in [-0.1, -0.05) is 38.5 Å². The molecule has 0 spiro atoms. The summed E-state index contributed by atoms with van der Waals surface area (Å²) in [5.74, 6) is 0.266. The highest BCUT2D eigenvalue weighted by Gasteiger charge is 2.23. The number of nitrogens with zero attached hydrogens (tertiary/aromatic N) is 3. The Balaban J connectivity index is 2.26. The summed E-state index contributed by atoms with van der Waals surface area (Å²) >= 11 is 0. The van der Waals surface area contributed by atoms with Crippen molar-refractivity contribution < 1.29 is 14.3 Å².